The SMILES string of the molecule is CN(C)c1ccc(NC(=O)CCCCBr)cc1Cl. The lowest BCUT2D eigenvalue weighted by Crippen LogP contribution is -2.12. The molecule has 0 fully saturated rings. The highest BCUT2D eigenvalue weighted by Gasteiger charge is 2.06. The van der Waals surface area contributed by atoms with E-state index in [9.17, 15) is 4.79 Å². The van der Waals surface area contributed by atoms with Crippen molar-refractivity contribution in [2.24, 2.45) is 0 Å². The Morgan fingerprint density at radius 3 is 2.67 bits per heavy atom. The van der Waals surface area contributed by atoms with Crippen molar-refractivity contribution in [1.82, 2.24) is 0 Å². The number of benzene rings is 1. The van der Waals surface area contributed by atoms with Crippen molar-refractivity contribution < 1.29 is 4.79 Å². The summed E-state index contributed by atoms with van der Waals surface area (Å²) in [6.07, 6.45) is 2.44. The number of nitrogens with one attached hydrogen (secondary N) is 1. The Morgan fingerprint density at radius 2 is 2.11 bits per heavy atom. The van der Waals surface area contributed by atoms with Gasteiger partial charge in [-0.1, -0.05) is 27.5 Å². The molecule has 0 aliphatic carbocycles. The average Bonchev–Trinajstić information content (AvgIpc) is 2.28. The number of nitrogens with zero attached hydrogens (tertiary/aromatic N) is 1. The number of rotatable bonds is 6. The fourth-order valence-electron chi connectivity index (χ4n) is 1.55. The molecule has 0 saturated carbocycles. The Hall–Kier alpha value is -0.740. The molecule has 0 aliphatic rings. The van der Waals surface area contributed by atoms with Crippen LogP contribution in [0.3, 0.4) is 0 Å². The Morgan fingerprint density at radius 1 is 1.39 bits per heavy atom. The third-order valence-electron chi connectivity index (χ3n) is 2.50. The van der Waals surface area contributed by atoms with Crippen molar-refractivity contribution in [3.05, 3.63) is 23.2 Å². The van der Waals surface area contributed by atoms with Crippen LogP contribution in [0.15, 0.2) is 18.2 Å². The van der Waals surface area contributed by atoms with E-state index in [-0.39, 0.29) is 5.91 Å². The second kappa shape index (κ2) is 7.64. The minimum atomic E-state index is 0.0321. The normalized spacial score (nSPS) is 10.2. The second-order valence-electron chi connectivity index (χ2n) is 4.25. The van der Waals surface area contributed by atoms with Crippen molar-refractivity contribution in [2.45, 2.75) is 19.3 Å². The molecule has 0 bridgehead atoms. The zero-order valence-electron chi connectivity index (χ0n) is 10.7. The first kappa shape index (κ1) is 15.3. The molecule has 0 aromatic heterocycles. The van der Waals surface area contributed by atoms with Gasteiger partial charge in [0.05, 0.1) is 10.7 Å². The standard InChI is InChI=1S/C13H18BrClN2O/c1-17(2)12-7-6-10(9-11(12)15)16-13(18)5-3-4-8-14/h6-7,9H,3-5,8H2,1-2H3,(H,16,18). The number of unbranched alkanes of at least 4 members (excludes halogenated alkanes) is 1. The minimum absolute atomic E-state index is 0.0321. The van der Waals surface area contributed by atoms with Gasteiger partial charge >= 0.3 is 0 Å². The van der Waals surface area contributed by atoms with Crippen LogP contribution in [0.4, 0.5) is 11.4 Å². The van der Waals surface area contributed by atoms with Gasteiger partial charge in [-0.15, -0.1) is 0 Å². The Balaban J connectivity index is 2.58. The van der Waals surface area contributed by atoms with Gasteiger partial charge in [0.2, 0.25) is 5.91 Å². The van der Waals surface area contributed by atoms with Crippen LogP contribution in [-0.4, -0.2) is 25.3 Å². The van der Waals surface area contributed by atoms with Gasteiger partial charge in [-0.25, -0.2) is 0 Å². The van der Waals surface area contributed by atoms with Crippen LogP contribution >= 0.6 is 27.5 Å². The molecule has 1 N–H and O–H groups in total. The highest BCUT2D eigenvalue weighted by atomic mass is 79.9. The lowest BCUT2D eigenvalue weighted by molar-refractivity contribution is -0.116. The molecule has 0 unspecified atom stereocenters. The molecule has 0 spiro atoms. The maximum Gasteiger partial charge on any atom is 0.224 e. The van der Waals surface area contributed by atoms with Gasteiger partial charge in [-0.3, -0.25) is 4.79 Å². The highest BCUT2D eigenvalue weighted by molar-refractivity contribution is 9.09. The van der Waals surface area contributed by atoms with E-state index in [1.807, 2.05) is 31.1 Å². The van der Waals surface area contributed by atoms with Gasteiger partial charge < -0.3 is 10.2 Å². The van der Waals surface area contributed by atoms with Gasteiger partial charge in [0, 0.05) is 31.5 Å². The van der Waals surface area contributed by atoms with E-state index in [0.717, 1.165) is 29.5 Å². The van der Waals surface area contributed by atoms with E-state index in [1.165, 1.54) is 0 Å². The smallest absolute Gasteiger partial charge is 0.224 e. The maximum absolute atomic E-state index is 11.6. The van der Waals surface area contributed by atoms with Crippen LogP contribution in [0.5, 0.6) is 0 Å². The summed E-state index contributed by atoms with van der Waals surface area (Å²) in [6.45, 7) is 0. The summed E-state index contributed by atoms with van der Waals surface area (Å²) in [4.78, 5) is 13.6. The largest absolute Gasteiger partial charge is 0.376 e. The average molecular weight is 334 g/mol. The summed E-state index contributed by atoms with van der Waals surface area (Å²) in [5, 5.41) is 4.42. The van der Waals surface area contributed by atoms with E-state index in [2.05, 4.69) is 21.2 Å². The summed E-state index contributed by atoms with van der Waals surface area (Å²) >= 11 is 9.48. The predicted octanol–water partition coefficient (Wildman–Crippen LogP) is 3.91. The third-order valence-corrected chi connectivity index (χ3v) is 3.36. The van der Waals surface area contributed by atoms with E-state index >= 15 is 0 Å². The summed E-state index contributed by atoms with van der Waals surface area (Å²) in [7, 11) is 3.86. The molecule has 1 rings (SSSR count). The topological polar surface area (TPSA) is 32.3 Å². The van der Waals surface area contributed by atoms with E-state index < -0.39 is 0 Å². The third kappa shape index (κ3) is 4.86. The molecular weight excluding hydrogens is 316 g/mol. The van der Waals surface area contributed by atoms with Crippen LogP contribution in [0.25, 0.3) is 0 Å². The number of carbonyl (C=O) groups is 1. The first-order valence-corrected chi connectivity index (χ1v) is 7.37. The van der Waals surface area contributed by atoms with Crippen molar-refractivity contribution in [2.75, 3.05) is 29.6 Å². The van der Waals surface area contributed by atoms with Crippen molar-refractivity contribution in [3.8, 4) is 0 Å². The fourth-order valence-corrected chi connectivity index (χ4v) is 2.30. The van der Waals surface area contributed by atoms with Gasteiger partial charge in [0.15, 0.2) is 0 Å². The Labute approximate surface area is 122 Å². The number of hydrogen-bond donors (Lipinski definition) is 1. The van der Waals surface area contributed by atoms with E-state index in [1.54, 1.807) is 6.07 Å². The molecule has 0 saturated heterocycles. The van der Waals surface area contributed by atoms with E-state index in [4.69, 9.17) is 11.6 Å². The van der Waals surface area contributed by atoms with Crippen LogP contribution in [-0.2, 0) is 4.79 Å². The fraction of sp³-hybridized carbons (Fsp3) is 0.462. The molecule has 100 valence electrons. The van der Waals surface area contributed by atoms with Crippen LogP contribution in [0.1, 0.15) is 19.3 Å². The van der Waals surface area contributed by atoms with Crippen LogP contribution in [0.2, 0.25) is 5.02 Å². The van der Waals surface area contributed by atoms with Gasteiger partial charge in [-0.2, -0.15) is 0 Å². The lowest BCUT2D eigenvalue weighted by Gasteiger charge is -2.15. The summed E-state index contributed by atoms with van der Waals surface area (Å²) in [5.74, 6) is 0.0321. The molecule has 1 amide bonds. The molecule has 0 atom stereocenters. The molecule has 1 aromatic rings. The molecule has 0 aliphatic heterocycles. The number of halogens is 2. The molecule has 5 heteroatoms. The Kier molecular flexibility index (Phi) is 6.50. The lowest BCUT2D eigenvalue weighted by atomic mass is 10.2. The van der Waals surface area contributed by atoms with Gasteiger partial charge in [-0.05, 0) is 31.0 Å². The number of carbonyl (C=O) groups excluding carboxylic acids is 1. The summed E-state index contributed by atoms with van der Waals surface area (Å²) in [6, 6.07) is 5.54. The summed E-state index contributed by atoms with van der Waals surface area (Å²) in [5.41, 5.74) is 1.68. The molecule has 1 aromatic carbocycles. The maximum atomic E-state index is 11.6. The molecular formula is C13H18BrClN2O. The molecule has 0 heterocycles. The number of hydrogen-bond acceptors (Lipinski definition) is 2. The predicted molar refractivity (Wildman–Crippen MR) is 82.1 cm³/mol. The molecule has 3 nitrogen and oxygen atoms in total. The first-order valence-electron chi connectivity index (χ1n) is 5.87. The number of amides is 1. The minimum Gasteiger partial charge on any atom is -0.376 e. The van der Waals surface area contributed by atoms with Gasteiger partial charge in [0.1, 0.15) is 0 Å². The van der Waals surface area contributed by atoms with Gasteiger partial charge in [0.25, 0.3) is 0 Å². The number of anilines is 2. The molecule has 18 heavy (non-hydrogen) atoms. The second-order valence-corrected chi connectivity index (χ2v) is 5.46. The zero-order chi connectivity index (χ0) is 13.5. The van der Waals surface area contributed by atoms with Crippen molar-refractivity contribution in [1.29, 1.82) is 0 Å². The monoisotopic (exact) mass is 332 g/mol. The van der Waals surface area contributed by atoms with Crippen molar-refractivity contribution in [3.63, 3.8) is 0 Å². The highest BCUT2D eigenvalue weighted by Crippen LogP contribution is 2.27. The van der Waals surface area contributed by atoms with Crippen molar-refractivity contribution >= 4 is 44.8 Å². The summed E-state index contributed by atoms with van der Waals surface area (Å²) < 4.78 is 0. The first-order chi connectivity index (χ1) is 8.54. The van der Waals surface area contributed by atoms with Crippen LogP contribution in [0, 0.1) is 0 Å². The zero-order valence-corrected chi connectivity index (χ0v) is 13.0. The quantitative estimate of drug-likeness (QED) is 0.632. The van der Waals surface area contributed by atoms with Crippen LogP contribution < -0.4 is 10.2 Å². The van der Waals surface area contributed by atoms with E-state index in [0.29, 0.717) is 11.4 Å². The Bertz CT molecular complexity index is 410. The molecule has 0 radical (unpaired) electrons. The number of alkyl halides is 1.